The molecule has 1 N–H and O–H groups in total. The van der Waals surface area contributed by atoms with Gasteiger partial charge in [0.05, 0.1) is 19.1 Å². The van der Waals surface area contributed by atoms with Gasteiger partial charge in [-0.3, -0.25) is 9.59 Å². The van der Waals surface area contributed by atoms with Crippen LogP contribution >= 0.6 is 0 Å². The van der Waals surface area contributed by atoms with Crippen LogP contribution in [0.3, 0.4) is 0 Å². The Morgan fingerprint density at radius 3 is 2.33 bits per heavy atom. The van der Waals surface area contributed by atoms with Crippen LogP contribution in [0.1, 0.15) is 37.6 Å². The van der Waals surface area contributed by atoms with Crippen LogP contribution in [0.15, 0.2) is 18.2 Å². The van der Waals surface area contributed by atoms with Crippen molar-refractivity contribution in [2.24, 2.45) is 0 Å². The minimum atomic E-state index is -1.36. The van der Waals surface area contributed by atoms with E-state index in [0.29, 0.717) is 6.07 Å². The Bertz CT molecular complexity index is 640. The van der Waals surface area contributed by atoms with Gasteiger partial charge in [0.1, 0.15) is 23.3 Å². The van der Waals surface area contributed by atoms with E-state index in [4.69, 9.17) is 4.74 Å². The normalized spacial score (nSPS) is 12.2. The maximum absolute atomic E-state index is 13.6. The minimum absolute atomic E-state index is 0.463. The molecule has 0 saturated heterocycles. The van der Waals surface area contributed by atoms with Gasteiger partial charge in [-0.1, -0.05) is 0 Å². The van der Waals surface area contributed by atoms with Gasteiger partial charge in [-0.15, -0.1) is 0 Å². The van der Waals surface area contributed by atoms with E-state index in [2.05, 4.69) is 10.1 Å². The zero-order valence-corrected chi connectivity index (χ0v) is 13.8. The Balaban J connectivity index is 2.88. The topological polar surface area (TPSA) is 81.7 Å². The molecule has 1 amide bonds. The number of amides is 1. The lowest BCUT2D eigenvalue weighted by Gasteiger charge is -2.22. The Morgan fingerprint density at radius 1 is 1.21 bits per heavy atom. The Morgan fingerprint density at radius 2 is 1.83 bits per heavy atom. The van der Waals surface area contributed by atoms with Gasteiger partial charge in [-0.2, -0.15) is 0 Å². The minimum Gasteiger partial charge on any atom is -0.467 e. The van der Waals surface area contributed by atoms with Crippen LogP contribution in [0.5, 0.6) is 0 Å². The molecule has 0 aromatic heterocycles. The highest BCUT2D eigenvalue weighted by Crippen LogP contribution is 2.12. The molecule has 0 aliphatic rings. The molecule has 0 bridgehead atoms. The van der Waals surface area contributed by atoms with Crippen LogP contribution in [0.4, 0.5) is 8.78 Å². The zero-order valence-electron chi connectivity index (χ0n) is 13.8. The summed E-state index contributed by atoms with van der Waals surface area (Å²) in [5, 5.41) is 2.18. The van der Waals surface area contributed by atoms with Gasteiger partial charge in [0.25, 0.3) is 5.91 Å². The van der Waals surface area contributed by atoms with Crippen molar-refractivity contribution in [1.82, 2.24) is 5.32 Å². The van der Waals surface area contributed by atoms with Crippen LogP contribution < -0.4 is 5.32 Å². The van der Waals surface area contributed by atoms with E-state index in [1.165, 1.54) is 0 Å². The summed E-state index contributed by atoms with van der Waals surface area (Å²) in [4.78, 5) is 35.6. The molecule has 0 unspecified atom stereocenters. The monoisotopic (exact) mass is 343 g/mol. The van der Waals surface area contributed by atoms with Crippen LogP contribution in [0.25, 0.3) is 0 Å². The fraction of sp³-hybridized carbons (Fsp3) is 0.438. The number of nitrogens with one attached hydrogen (secondary N) is 1. The SMILES string of the molecule is COC(=O)[C@@H](CC(=O)OC(C)(C)C)NC(=O)c1ccc(F)cc1F. The molecule has 1 rings (SSSR count). The van der Waals surface area contributed by atoms with Crippen molar-refractivity contribution in [3.05, 3.63) is 35.4 Å². The summed E-state index contributed by atoms with van der Waals surface area (Å²) in [5.74, 6) is -4.54. The third-order valence-corrected chi connectivity index (χ3v) is 2.76. The number of carbonyl (C=O) groups is 3. The van der Waals surface area contributed by atoms with Crippen LogP contribution in [-0.2, 0) is 19.1 Å². The Hall–Kier alpha value is -2.51. The van der Waals surface area contributed by atoms with E-state index >= 15 is 0 Å². The van der Waals surface area contributed by atoms with Crippen molar-refractivity contribution < 1.29 is 32.6 Å². The molecule has 0 spiro atoms. The van der Waals surface area contributed by atoms with E-state index in [-0.39, 0.29) is 0 Å². The molecule has 6 nitrogen and oxygen atoms in total. The van der Waals surface area contributed by atoms with Crippen molar-refractivity contribution in [3.63, 3.8) is 0 Å². The number of benzene rings is 1. The van der Waals surface area contributed by atoms with Gasteiger partial charge >= 0.3 is 11.9 Å². The van der Waals surface area contributed by atoms with Gasteiger partial charge in [-0.05, 0) is 32.9 Å². The third kappa shape index (κ3) is 5.94. The van der Waals surface area contributed by atoms with E-state index < -0.39 is 53.1 Å². The fourth-order valence-electron chi connectivity index (χ4n) is 1.80. The molecule has 1 aromatic rings. The molecule has 1 atom stereocenters. The lowest BCUT2D eigenvalue weighted by molar-refractivity contribution is -0.158. The van der Waals surface area contributed by atoms with Gasteiger partial charge in [0.2, 0.25) is 0 Å². The maximum Gasteiger partial charge on any atom is 0.328 e. The van der Waals surface area contributed by atoms with Gasteiger partial charge in [0, 0.05) is 6.07 Å². The van der Waals surface area contributed by atoms with E-state index in [1.54, 1.807) is 20.8 Å². The smallest absolute Gasteiger partial charge is 0.328 e. The number of hydrogen-bond acceptors (Lipinski definition) is 5. The fourth-order valence-corrected chi connectivity index (χ4v) is 1.80. The first kappa shape index (κ1) is 19.5. The largest absolute Gasteiger partial charge is 0.467 e. The molecular formula is C16H19F2NO5. The standard InChI is InChI=1S/C16H19F2NO5/c1-16(2,3)24-13(20)8-12(15(22)23-4)19-14(21)10-6-5-9(17)7-11(10)18/h5-7,12H,8H2,1-4H3,(H,19,21)/t12-/m1/s1. The highest BCUT2D eigenvalue weighted by atomic mass is 19.1. The first-order chi connectivity index (χ1) is 11.0. The molecule has 1 aromatic carbocycles. The number of halogens is 2. The third-order valence-electron chi connectivity index (χ3n) is 2.76. The van der Waals surface area contributed by atoms with E-state index in [0.717, 1.165) is 19.2 Å². The van der Waals surface area contributed by atoms with E-state index in [9.17, 15) is 23.2 Å². The second kappa shape index (κ2) is 7.85. The Labute approximate surface area is 138 Å². The van der Waals surface area contributed by atoms with E-state index in [1.807, 2.05) is 0 Å². The predicted molar refractivity (Wildman–Crippen MR) is 80.1 cm³/mol. The number of carbonyl (C=O) groups excluding carboxylic acids is 3. The zero-order chi connectivity index (χ0) is 18.5. The quantitative estimate of drug-likeness (QED) is 0.827. The predicted octanol–water partition coefficient (Wildman–Crippen LogP) is 1.97. The number of methoxy groups -OCH3 is 1. The molecule has 0 aliphatic heterocycles. The molecule has 0 saturated carbocycles. The second-order valence-electron chi connectivity index (χ2n) is 5.96. The van der Waals surface area contributed by atoms with Crippen molar-refractivity contribution in [2.75, 3.05) is 7.11 Å². The second-order valence-corrected chi connectivity index (χ2v) is 5.96. The lowest BCUT2D eigenvalue weighted by atomic mass is 10.1. The number of ether oxygens (including phenoxy) is 2. The molecule has 0 fully saturated rings. The highest BCUT2D eigenvalue weighted by molar-refractivity contribution is 5.97. The number of hydrogen-bond donors (Lipinski definition) is 1. The summed E-state index contributed by atoms with van der Waals surface area (Å²) in [6, 6.07) is 1.01. The summed E-state index contributed by atoms with van der Waals surface area (Å²) in [6.45, 7) is 4.93. The number of esters is 2. The van der Waals surface area contributed by atoms with Crippen LogP contribution in [0, 0.1) is 11.6 Å². The molecule has 132 valence electrons. The van der Waals surface area contributed by atoms with Crippen LogP contribution in [0.2, 0.25) is 0 Å². The van der Waals surface area contributed by atoms with Crippen molar-refractivity contribution in [2.45, 2.75) is 38.8 Å². The van der Waals surface area contributed by atoms with Gasteiger partial charge < -0.3 is 14.8 Å². The molecule has 24 heavy (non-hydrogen) atoms. The van der Waals surface area contributed by atoms with Crippen LogP contribution in [-0.4, -0.2) is 36.6 Å². The maximum atomic E-state index is 13.6. The summed E-state index contributed by atoms with van der Waals surface area (Å²) < 4.78 is 36.1. The summed E-state index contributed by atoms with van der Waals surface area (Å²) in [5.41, 5.74) is -1.24. The molecule has 0 radical (unpaired) electrons. The van der Waals surface area contributed by atoms with Gasteiger partial charge in [0.15, 0.2) is 0 Å². The number of rotatable bonds is 5. The first-order valence-corrected chi connectivity index (χ1v) is 7.09. The van der Waals surface area contributed by atoms with Crippen molar-refractivity contribution in [1.29, 1.82) is 0 Å². The van der Waals surface area contributed by atoms with Gasteiger partial charge in [-0.25, -0.2) is 13.6 Å². The highest BCUT2D eigenvalue weighted by Gasteiger charge is 2.28. The lowest BCUT2D eigenvalue weighted by Crippen LogP contribution is -2.44. The molecular weight excluding hydrogens is 324 g/mol. The summed E-state index contributed by atoms with van der Waals surface area (Å²) >= 11 is 0. The van der Waals surface area contributed by atoms with Crippen molar-refractivity contribution >= 4 is 17.8 Å². The Kier molecular flexibility index (Phi) is 6.39. The first-order valence-electron chi connectivity index (χ1n) is 7.09. The average molecular weight is 343 g/mol. The average Bonchev–Trinajstić information content (AvgIpc) is 2.43. The van der Waals surface area contributed by atoms with Crippen molar-refractivity contribution in [3.8, 4) is 0 Å². The molecule has 0 aliphatic carbocycles. The summed E-state index contributed by atoms with van der Waals surface area (Å²) in [7, 11) is 1.08. The molecule has 0 heterocycles. The molecule has 8 heteroatoms. The summed E-state index contributed by atoms with van der Waals surface area (Å²) in [6.07, 6.45) is -0.488.